The predicted octanol–water partition coefficient (Wildman–Crippen LogP) is 2.11. The van der Waals surface area contributed by atoms with E-state index in [0.717, 1.165) is 49.8 Å². The average molecular weight is 504 g/mol. The molecule has 0 heterocycles. The maximum Gasteiger partial charge on any atom is 0.365 e. The number of nitro benzene ring substituents is 2. The maximum atomic E-state index is 11.1. The molecule has 4 N–H and O–H groups in total. The Morgan fingerprint density at radius 2 is 1.33 bits per heavy atom. The molecular formula is C18H25N5O8S2. The second-order valence-electron chi connectivity index (χ2n) is 6.71. The summed E-state index contributed by atoms with van der Waals surface area (Å²) >= 11 is 0. The number of anilines is 1. The largest absolute Gasteiger partial charge is 0.372 e. The van der Waals surface area contributed by atoms with Gasteiger partial charge in [-0.15, -0.1) is 0 Å². The van der Waals surface area contributed by atoms with Crippen LogP contribution >= 0.6 is 0 Å². The van der Waals surface area contributed by atoms with E-state index < -0.39 is 46.2 Å². The fraction of sp³-hybridized carbons (Fsp3) is 0.333. The van der Waals surface area contributed by atoms with Crippen molar-refractivity contribution in [2.45, 2.75) is 36.5 Å². The topological polar surface area (TPSA) is 210 Å². The lowest BCUT2D eigenvalue weighted by Crippen LogP contribution is -2.24. The molecule has 2 aromatic carbocycles. The van der Waals surface area contributed by atoms with Crippen LogP contribution in [0.4, 0.5) is 17.1 Å². The Balaban J connectivity index is 0.000000331. The van der Waals surface area contributed by atoms with Crippen LogP contribution < -0.4 is 15.2 Å². The Kier molecular flexibility index (Phi) is 9.84. The zero-order chi connectivity index (χ0) is 25.4. The number of sulfonamides is 2. The molecule has 0 fully saturated rings. The third-order valence-corrected chi connectivity index (χ3v) is 6.05. The van der Waals surface area contributed by atoms with Gasteiger partial charge in [-0.1, -0.05) is 19.9 Å². The van der Waals surface area contributed by atoms with Gasteiger partial charge in [0.2, 0.25) is 20.0 Å². The molecule has 0 bridgehead atoms. The van der Waals surface area contributed by atoms with Crippen molar-refractivity contribution in [3.05, 3.63) is 62.7 Å². The monoisotopic (exact) mass is 503 g/mol. The van der Waals surface area contributed by atoms with Crippen LogP contribution in [0.15, 0.2) is 52.3 Å². The summed E-state index contributed by atoms with van der Waals surface area (Å²) in [6.45, 7) is 6.20. The molecule has 0 spiro atoms. The van der Waals surface area contributed by atoms with Crippen LogP contribution in [0.3, 0.4) is 0 Å². The number of nitrogens with zero attached hydrogens (tertiary/aromatic N) is 3. The second-order valence-corrected chi connectivity index (χ2v) is 9.80. The number of hydrogen-bond donors (Lipinski definition) is 2. The second kappa shape index (κ2) is 11.6. The minimum absolute atomic E-state index is 0.161. The first kappa shape index (κ1) is 27.9. The van der Waals surface area contributed by atoms with Gasteiger partial charge in [-0.25, -0.2) is 27.1 Å². The van der Waals surface area contributed by atoms with E-state index in [2.05, 4.69) is 18.7 Å². The Labute approximate surface area is 191 Å². The summed E-state index contributed by atoms with van der Waals surface area (Å²) in [5.74, 6) is 0. The normalized spacial score (nSPS) is 11.3. The average Bonchev–Trinajstić information content (AvgIpc) is 2.72. The van der Waals surface area contributed by atoms with E-state index in [1.165, 1.54) is 0 Å². The van der Waals surface area contributed by atoms with Gasteiger partial charge < -0.3 is 4.90 Å². The number of rotatable bonds is 9. The van der Waals surface area contributed by atoms with E-state index in [-0.39, 0.29) is 4.90 Å². The van der Waals surface area contributed by atoms with Gasteiger partial charge in [-0.05, 0) is 43.2 Å². The van der Waals surface area contributed by atoms with Crippen molar-refractivity contribution in [1.29, 1.82) is 0 Å². The lowest BCUT2D eigenvalue weighted by Gasteiger charge is -2.23. The van der Waals surface area contributed by atoms with Gasteiger partial charge in [0.1, 0.15) is 0 Å². The van der Waals surface area contributed by atoms with Gasteiger partial charge in [0.05, 0.1) is 14.7 Å². The molecule has 15 heteroatoms. The lowest BCUT2D eigenvalue weighted by atomic mass is 10.2. The summed E-state index contributed by atoms with van der Waals surface area (Å²) in [6.07, 6.45) is 2.13. The minimum Gasteiger partial charge on any atom is -0.372 e. The van der Waals surface area contributed by atoms with Crippen molar-refractivity contribution >= 4 is 37.1 Å². The van der Waals surface area contributed by atoms with Crippen LogP contribution in [0, 0.1) is 20.2 Å². The molecule has 13 nitrogen and oxygen atoms in total. The Hall–Kier alpha value is -3.14. The third-order valence-electron chi connectivity index (χ3n) is 4.18. The zero-order valence-corrected chi connectivity index (χ0v) is 19.6. The van der Waals surface area contributed by atoms with Crippen LogP contribution in [0.1, 0.15) is 26.7 Å². The molecular weight excluding hydrogens is 478 g/mol. The zero-order valence-electron chi connectivity index (χ0n) is 17.9. The highest BCUT2D eigenvalue weighted by atomic mass is 32.2. The van der Waals surface area contributed by atoms with Crippen molar-refractivity contribution in [3.63, 3.8) is 0 Å². The van der Waals surface area contributed by atoms with Crippen molar-refractivity contribution in [2.24, 2.45) is 10.3 Å². The fourth-order valence-corrected chi connectivity index (χ4v) is 4.06. The smallest absolute Gasteiger partial charge is 0.365 e. The van der Waals surface area contributed by atoms with Gasteiger partial charge >= 0.3 is 11.4 Å². The van der Waals surface area contributed by atoms with Crippen molar-refractivity contribution < 1.29 is 26.7 Å². The van der Waals surface area contributed by atoms with Crippen LogP contribution in [-0.2, 0) is 20.0 Å². The molecule has 0 aliphatic carbocycles. The summed E-state index contributed by atoms with van der Waals surface area (Å²) in [7, 11) is -7.97. The third kappa shape index (κ3) is 8.05. The summed E-state index contributed by atoms with van der Waals surface area (Å²) in [6, 6.07) is 9.40. The van der Waals surface area contributed by atoms with E-state index in [1.54, 1.807) is 12.1 Å². The van der Waals surface area contributed by atoms with Gasteiger partial charge in [0.15, 0.2) is 4.90 Å². The number of primary sulfonamides is 2. The Morgan fingerprint density at radius 3 is 1.70 bits per heavy atom. The summed E-state index contributed by atoms with van der Waals surface area (Å²) in [4.78, 5) is 20.4. The number of para-hydroxylation sites is 1. The quantitative estimate of drug-likeness (QED) is 0.378. The van der Waals surface area contributed by atoms with Gasteiger partial charge in [-0.2, -0.15) is 0 Å². The highest BCUT2D eigenvalue weighted by Gasteiger charge is 2.32. The van der Waals surface area contributed by atoms with Crippen molar-refractivity contribution in [2.75, 3.05) is 18.0 Å². The van der Waals surface area contributed by atoms with E-state index >= 15 is 0 Å². The van der Waals surface area contributed by atoms with Crippen LogP contribution in [-0.4, -0.2) is 39.8 Å². The number of benzene rings is 2. The molecule has 2 aromatic rings. The first-order chi connectivity index (χ1) is 15.2. The first-order valence-corrected chi connectivity index (χ1v) is 12.7. The molecule has 182 valence electrons. The minimum atomic E-state index is -4.38. The lowest BCUT2D eigenvalue weighted by molar-refractivity contribution is -0.424. The first-order valence-electron chi connectivity index (χ1n) is 9.56. The molecule has 0 aliphatic heterocycles. The van der Waals surface area contributed by atoms with E-state index in [9.17, 15) is 37.1 Å². The van der Waals surface area contributed by atoms with Crippen molar-refractivity contribution in [3.8, 4) is 0 Å². The molecule has 0 saturated carbocycles. The SMILES string of the molecule is CCCN(CCC)c1ccc(S(N)(=O)=O)cc1.NS(=O)(=O)c1cccc([N+](=O)[O-])c1[N+](=O)[O-]. The van der Waals surface area contributed by atoms with Crippen LogP contribution in [0.25, 0.3) is 0 Å². The van der Waals surface area contributed by atoms with Gasteiger partial charge in [-0.3, -0.25) is 20.2 Å². The molecule has 0 saturated heterocycles. The molecule has 0 aromatic heterocycles. The highest BCUT2D eigenvalue weighted by Crippen LogP contribution is 2.32. The standard InChI is InChI=1S/C12H20N2O2S.C6H5N3O6S/c1-3-9-14(10-4-2)11-5-7-12(8-6-11)17(13,15)16;7-16(14,15)5-3-1-2-4(8(10)11)6(5)9(12)13/h5-8H,3-4,9-10H2,1-2H3,(H2,13,15,16);1-3H,(H2,7,14,15). The number of hydrogen-bond acceptors (Lipinski definition) is 9. The molecule has 2 rings (SSSR count). The summed E-state index contributed by atoms with van der Waals surface area (Å²) < 4.78 is 44.2. The molecule has 33 heavy (non-hydrogen) atoms. The number of nitrogens with two attached hydrogens (primary N) is 2. The van der Waals surface area contributed by atoms with E-state index in [1.807, 2.05) is 12.1 Å². The van der Waals surface area contributed by atoms with Gasteiger partial charge in [0.25, 0.3) is 0 Å². The molecule has 0 unspecified atom stereocenters. The Bertz CT molecular complexity index is 1190. The summed E-state index contributed by atoms with van der Waals surface area (Å²) in [5, 5.41) is 30.8. The van der Waals surface area contributed by atoms with Gasteiger partial charge in [0, 0.05) is 24.8 Å². The van der Waals surface area contributed by atoms with Crippen LogP contribution in [0.5, 0.6) is 0 Å². The summed E-state index contributed by atoms with van der Waals surface area (Å²) in [5.41, 5.74) is -1.01. The molecule has 0 radical (unpaired) electrons. The molecule has 0 amide bonds. The molecule has 0 atom stereocenters. The maximum absolute atomic E-state index is 11.1. The fourth-order valence-electron chi connectivity index (χ4n) is 2.83. The van der Waals surface area contributed by atoms with Crippen LogP contribution in [0.2, 0.25) is 0 Å². The predicted molar refractivity (Wildman–Crippen MR) is 122 cm³/mol. The highest BCUT2D eigenvalue weighted by molar-refractivity contribution is 7.89. The van der Waals surface area contributed by atoms with E-state index in [0.29, 0.717) is 0 Å². The van der Waals surface area contributed by atoms with E-state index in [4.69, 9.17) is 10.3 Å². The molecule has 0 aliphatic rings. The Morgan fingerprint density at radius 1 is 0.818 bits per heavy atom. The number of nitro groups is 2. The van der Waals surface area contributed by atoms with Crippen molar-refractivity contribution in [1.82, 2.24) is 0 Å².